The Morgan fingerprint density at radius 2 is 2.30 bits per heavy atom. The maximum atomic E-state index is 13.6. The highest BCUT2D eigenvalue weighted by Crippen LogP contribution is 2.31. The van der Waals surface area contributed by atoms with Crippen LogP contribution in [0.4, 0.5) is 4.39 Å². The Balaban J connectivity index is 1.58. The van der Waals surface area contributed by atoms with Gasteiger partial charge in [-0.1, -0.05) is 17.3 Å². The molecule has 1 aromatic heterocycles. The van der Waals surface area contributed by atoms with Crippen LogP contribution in [0, 0.1) is 5.82 Å². The molecule has 0 bridgehead atoms. The molecule has 1 amide bonds. The topological polar surface area (TPSA) is 85.2 Å². The Labute approximate surface area is 137 Å². The van der Waals surface area contributed by atoms with Crippen LogP contribution >= 0.6 is 11.8 Å². The van der Waals surface area contributed by atoms with E-state index in [9.17, 15) is 9.18 Å². The highest BCUT2D eigenvalue weighted by atomic mass is 32.2. The minimum Gasteiger partial charge on any atom is -0.363 e. The van der Waals surface area contributed by atoms with Crippen LogP contribution in [0.25, 0.3) is 0 Å². The first-order valence-corrected chi connectivity index (χ1v) is 8.38. The van der Waals surface area contributed by atoms with Gasteiger partial charge >= 0.3 is 0 Å². The van der Waals surface area contributed by atoms with Gasteiger partial charge in [-0.05, 0) is 31.5 Å². The van der Waals surface area contributed by atoms with Gasteiger partial charge in [0.15, 0.2) is 0 Å². The van der Waals surface area contributed by atoms with E-state index in [4.69, 9.17) is 10.3 Å². The van der Waals surface area contributed by atoms with E-state index in [1.165, 1.54) is 17.8 Å². The fourth-order valence-electron chi connectivity index (χ4n) is 2.68. The summed E-state index contributed by atoms with van der Waals surface area (Å²) in [7, 11) is 0. The number of amides is 1. The van der Waals surface area contributed by atoms with Crippen LogP contribution in [0.1, 0.15) is 35.4 Å². The Kier molecular flexibility index (Phi) is 4.92. The van der Waals surface area contributed by atoms with Gasteiger partial charge in [0.05, 0.1) is 6.04 Å². The van der Waals surface area contributed by atoms with Crippen LogP contribution in [-0.4, -0.2) is 39.8 Å². The van der Waals surface area contributed by atoms with E-state index in [1.54, 1.807) is 12.1 Å². The SMILES string of the molecule is NC(=O)c1noc([C@@H]2CCCN2CCSc2ccccc2F)n1. The van der Waals surface area contributed by atoms with Crippen molar-refractivity contribution in [2.45, 2.75) is 23.8 Å². The van der Waals surface area contributed by atoms with Crippen molar-refractivity contribution in [3.8, 4) is 0 Å². The minimum absolute atomic E-state index is 0.00294. The molecule has 0 radical (unpaired) electrons. The van der Waals surface area contributed by atoms with E-state index in [0.717, 1.165) is 31.7 Å². The van der Waals surface area contributed by atoms with Crippen molar-refractivity contribution in [3.63, 3.8) is 0 Å². The van der Waals surface area contributed by atoms with E-state index in [-0.39, 0.29) is 17.7 Å². The zero-order valence-electron chi connectivity index (χ0n) is 12.4. The molecule has 23 heavy (non-hydrogen) atoms. The molecule has 0 spiro atoms. The molecule has 8 heteroatoms. The summed E-state index contributed by atoms with van der Waals surface area (Å²) in [4.78, 5) is 18.0. The van der Waals surface area contributed by atoms with Gasteiger partial charge in [0.2, 0.25) is 5.89 Å². The number of carbonyl (C=O) groups is 1. The molecule has 0 unspecified atom stereocenters. The largest absolute Gasteiger partial charge is 0.363 e. The molecule has 3 rings (SSSR count). The van der Waals surface area contributed by atoms with Crippen molar-refractivity contribution in [1.82, 2.24) is 15.0 Å². The van der Waals surface area contributed by atoms with Crippen molar-refractivity contribution < 1.29 is 13.7 Å². The van der Waals surface area contributed by atoms with Crippen molar-refractivity contribution in [1.29, 1.82) is 0 Å². The first kappa shape index (κ1) is 15.9. The third kappa shape index (κ3) is 3.70. The average molecular weight is 336 g/mol. The summed E-state index contributed by atoms with van der Waals surface area (Å²) < 4.78 is 18.8. The van der Waals surface area contributed by atoms with E-state index in [0.29, 0.717) is 10.8 Å². The lowest BCUT2D eigenvalue weighted by Gasteiger charge is -2.21. The molecule has 1 atom stereocenters. The van der Waals surface area contributed by atoms with Gasteiger partial charge in [-0.15, -0.1) is 11.8 Å². The first-order valence-electron chi connectivity index (χ1n) is 7.40. The molecular weight excluding hydrogens is 319 g/mol. The molecule has 1 aliphatic rings. The van der Waals surface area contributed by atoms with Crippen LogP contribution in [-0.2, 0) is 0 Å². The molecule has 1 aromatic carbocycles. The second kappa shape index (κ2) is 7.10. The number of halogens is 1. The minimum atomic E-state index is -0.695. The first-order chi connectivity index (χ1) is 11.1. The Morgan fingerprint density at radius 1 is 1.48 bits per heavy atom. The lowest BCUT2D eigenvalue weighted by atomic mass is 10.2. The summed E-state index contributed by atoms with van der Waals surface area (Å²) in [6, 6.07) is 6.75. The molecule has 6 nitrogen and oxygen atoms in total. The van der Waals surface area contributed by atoms with E-state index >= 15 is 0 Å². The van der Waals surface area contributed by atoms with Crippen molar-refractivity contribution in [3.05, 3.63) is 41.8 Å². The molecule has 2 heterocycles. The van der Waals surface area contributed by atoms with Crippen molar-refractivity contribution in [2.24, 2.45) is 5.73 Å². The number of thioether (sulfide) groups is 1. The second-order valence-electron chi connectivity index (χ2n) is 5.29. The van der Waals surface area contributed by atoms with Crippen molar-refractivity contribution >= 4 is 17.7 Å². The number of benzene rings is 1. The van der Waals surface area contributed by atoms with Gasteiger partial charge < -0.3 is 10.3 Å². The summed E-state index contributed by atoms with van der Waals surface area (Å²) in [5, 5.41) is 3.59. The Morgan fingerprint density at radius 3 is 3.04 bits per heavy atom. The Hall–Kier alpha value is -1.93. The lowest BCUT2D eigenvalue weighted by molar-refractivity contribution is 0.0987. The normalized spacial score (nSPS) is 18.4. The summed E-state index contributed by atoms with van der Waals surface area (Å²) in [5.41, 5.74) is 5.14. The third-order valence-corrected chi connectivity index (χ3v) is 4.81. The summed E-state index contributed by atoms with van der Waals surface area (Å²) in [6.07, 6.45) is 1.91. The van der Waals surface area contributed by atoms with Gasteiger partial charge in [-0.25, -0.2) is 4.39 Å². The van der Waals surface area contributed by atoms with Crippen LogP contribution in [0.5, 0.6) is 0 Å². The fourth-order valence-corrected chi connectivity index (χ4v) is 3.61. The molecule has 0 aliphatic carbocycles. The fraction of sp³-hybridized carbons (Fsp3) is 0.400. The number of rotatable bonds is 6. The maximum Gasteiger partial charge on any atom is 0.290 e. The molecule has 2 N–H and O–H groups in total. The van der Waals surface area contributed by atoms with Gasteiger partial charge in [-0.3, -0.25) is 9.69 Å². The second-order valence-corrected chi connectivity index (χ2v) is 6.43. The number of hydrogen-bond donors (Lipinski definition) is 1. The quantitative estimate of drug-likeness (QED) is 0.814. The molecular formula is C15H17FN4O2S. The monoisotopic (exact) mass is 336 g/mol. The van der Waals surface area contributed by atoms with Gasteiger partial charge in [0.25, 0.3) is 11.7 Å². The number of hydrogen-bond acceptors (Lipinski definition) is 6. The predicted molar refractivity (Wildman–Crippen MR) is 83.5 cm³/mol. The smallest absolute Gasteiger partial charge is 0.290 e. The van der Waals surface area contributed by atoms with E-state index in [2.05, 4.69) is 15.0 Å². The number of primary amides is 1. The molecule has 1 fully saturated rings. The summed E-state index contributed by atoms with van der Waals surface area (Å²) in [5.74, 6) is 0.201. The van der Waals surface area contributed by atoms with Crippen molar-refractivity contribution in [2.75, 3.05) is 18.8 Å². The standard InChI is InChI=1S/C15H17FN4O2S/c16-10-4-1-2-6-12(10)23-9-8-20-7-3-5-11(20)15-18-14(13(17)21)19-22-15/h1-2,4,6,11H,3,5,7-9H2,(H2,17,21)/t11-/m0/s1. The van der Waals surface area contributed by atoms with Crippen LogP contribution in [0.15, 0.2) is 33.7 Å². The highest BCUT2D eigenvalue weighted by molar-refractivity contribution is 7.99. The zero-order valence-corrected chi connectivity index (χ0v) is 13.3. The molecule has 1 aliphatic heterocycles. The number of carbonyl (C=O) groups excluding carboxylic acids is 1. The van der Waals surface area contributed by atoms with E-state index < -0.39 is 5.91 Å². The van der Waals surface area contributed by atoms with Crippen LogP contribution < -0.4 is 5.73 Å². The van der Waals surface area contributed by atoms with Gasteiger partial charge in [-0.2, -0.15) is 4.98 Å². The average Bonchev–Trinajstić information content (AvgIpc) is 3.17. The highest BCUT2D eigenvalue weighted by Gasteiger charge is 2.30. The Bertz CT molecular complexity index is 694. The zero-order chi connectivity index (χ0) is 16.2. The molecule has 122 valence electrons. The van der Waals surface area contributed by atoms with E-state index in [1.807, 2.05) is 6.07 Å². The molecule has 1 saturated heterocycles. The number of nitrogens with two attached hydrogens (primary N) is 1. The maximum absolute atomic E-state index is 13.6. The molecule has 2 aromatic rings. The predicted octanol–water partition coefficient (Wildman–Crippen LogP) is 2.24. The number of nitrogens with zero attached hydrogens (tertiary/aromatic N) is 3. The van der Waals surface area contributed by atoms with Gasteiger partial charge in [0, 0.05) is 17.2 Å². The third-order valence-electron chi connectivity index (χ3n) is 3.78. The van der Waals surface area contributed by atoms with Gasteiger partial charge in [0.1, 0.15) is 5.82 Å². The number of aromatic nitrogens is 2. The summed E-state index contributed by atoms with van der Waals surface area (Å²) >= 11 is 1.48. The van der Waals surface area contributed by atoms with Crippen LogP contribution in [0.3, 0.4) is 0 Å². The lowest BCUT2D eigenvalue weighted by Crippen LogP contribution is -2.26. The summed E-state index contributed by atoms with van der Waals surface area (Å²) in [6.45, 7) is 1.69. The number of likely N-dealkylation sites (tertiary alicyclic amines) is 1. The van der Waals surface area contributed by atoms with Crippen LogP contribution in [0.2, 0.25) is 0 Å². The molecule has 0 saturated carbocycles.